The number of fused-ring (bicyclic) bond motifs is 1. The number of hydrogen-bond acceptors (Lipinski definition) is 6. The van der Waals surface area contributed by atoms with Gasteiger partial charge in [0.05, 0.1) is 26.2 Å². The van der Waals surface area contributed by atoms with Crippen LogP contribution in [0, 0.1) is 6.92 Å². The second-order valence-corrected chi connectivity index (χ2v) is 8.37. The average molecular weight is 470 g/mol. The molecule has 6 nitrogen and oxygen atoms in total. The Bertz CT molecular complexity index is 1340. The maximum Gasteiger partial charge on any atom is 0.162 e. The van der Waals surface area contributed by atoms with Gasteiger partial charge in [0.15, 0.2) is 11.5 Å². The number of nitrogens with zero attached hydrogens (tertiary/aromatic N) is 1. The Hall–Kier alpha value is -4.19. The van der Waals surface area contributed by atoms with E-state index in [9.17, 15) is 9.59 Å². The number of carbonyl (C=O) groups is 2. The van der Waals surface area contributed by atoms with Crippen LogP contribution in [-0.4, -0.2) is 30.8 Å². The van der Waals surface area contributed by atoms with Crippen LogP contribution >= 0.6 is 0 Å². The smallest absolute Gasteiger partial charge is 0.162 e. The van der Waals surface area contributed by atoms with E-state index in [4.69, 9.17) is 14.2 Å². The minimum Gasteiger partial charge on any atom is -0.493 e. The Kier molecular flexibility index (Phi) is 7.41. The van der Waals surface area contributed by atoms with Gasteiger partial charge < -0.3 is 14.2 Å². The first-order chi connectivity index (χ1) is 16.9. The number of methoxy groups -OCH3 is 2. The minimum atomic E-state index is -0.100. The summed E-state index contributed by atoms with van der Waals surface area (Å²) in [6.07, 6.45) is 2.08. The quantitative estimate of drug-likeness (QED) is 0.279. The summed E-state index contributed by atoms with van der Waals surface area (Å²) in [7, 11) is 3.16. The van der Waals surface area contributed by atoms with Crippen LogP contribution in [0.15, 0.2) is 72.9 Å². The van der Waals surface area contributed by atoms with Crippen LogP contribution < -0.4 is 14.2 Å². The molecule has 0 aliphatic rings. The Balaban J connectivity index is 1.39. The SMILES string of the molecule is COc1cc2nccc(Oc3ccc(CC(=O)CC(=O)Cc4ccc(C)cc4)cc3)c2cc1OC. The van der Waals surface area contributed by atoms with Gasteiger partial charge in [0.25, 0.3) is 0 Å². The summed E-state index contributed by atoms with van der Waals surface area (Å²) in [5.74, 6) is 2.26. The second-order valence-electron chi connectivity index (χ2n) is 8.37. The van der Waals surface area contributed by atoms with Crippen LogP contribution in [0.25, 0.3) is 10.9 Å². The summed E-state index contributed by atoms with van der Waals surface area (Å²) in [4.78, 5) is 29.1. The molecule has 4 aromatic rings. The van der Waals surface area contributed by atoms with Crippen molar-refractivity contribution >= 4 is 22.5 Å². The van der Waals surface area contributed by atoms with Gasteiger partial charge in [0, 0.05) is 30.5 Å². The van der Waals surface area contributed by atoms with E-state index in [0.29, 0.717) is 23.0 Å². The van der Waals surface area contributed by atoms with Crippen molar-refractivity contribution in [2.45, 2.75) is 26.2 Å². The highest BCUT2D eigenvalue weighted by Crippen LogP contribution is 2.36. The molecule has 0 atom stereocenters. The number of benzene rings is 3. The van der Waals surface area contributed by atoms with E-state index >= 15 is 0 Å². The standard InChI is InChI=1S/C29H27NO5/c1-19-4-6-20(7-5-19)14-22(31)16-23(32)15-21-8-10-24(11-9-21)35-27-12-13-30-26-18-29(34-3)28(33-2)17-25(26)27/h4-13,17-18H,14-16H2,1-3H3. The van der Waals surface area contributed by atoms with Crippen LogP contribution in [0.4, 0.5) is 0 Å². The molecule has 0 amide bonds. The minimum absolute atomic E-state index is 0.0690. The zero-order valence-corrected chi connectivity index (χ0v) is 20.0. The largest absolute Gasteiger partial charge is 0.493 e. The van der Waals surface area contributed by atoms with Crippen molar-refractivity contribution in [3.8, 4) is 23.0 Å². The van der Waals surface area contributed by atoms with Gasteiger partial charge in [-0.05, 0) is 42.3 Å². The van der Waals surface area contributed by atoms with Crippen molar-refractivity contribution in [1.29, 1.82) is 0 Å². The van der Waals surface area contributed by atoms with E-state index < -0.39 is 0 Å². The summed E-state index contributed by atoms with van der Waals surface area (Å²) in [6.45, 7) is 2.00. The van der Waals surface area contributed by atoms with Crippen molar-refractivity contribution in [2.75, 3.05) is 14.2 Å². The maximum absolute atomic E-state index is 12.4. The summed E-state index contributed by atoms with van der Waals surface area (Å²) in [5.41, 5.74) is 3.62. The van der Waals surface area contributed by atoms with Gasteiger partial charge in [0.2, 0.25) is 0 Å². The van der Waals surface area contributed by atoms with Crippen molar-refractivity contribution in [3.05, 3.63) is 89.6 Å². The number of Topliss-reactive ketones (excluding diaryl/α,β-unsaturated/α-hetero) is 2. The molecule has 1 aromatic heterocycles. The lowest BCUT2D eigenvalue weighted by Gasteiger charge is -2.12. The van der Waals surface area contributed by atoms with Crippen LogP contribution in [0.2, 0.25) is 0 Å². The zero-order valence-electron chi connectivity index (χ0n) is 20.0. The topological polar surface area (TPSA) is 74.7 Å². The number of pyridine rings is 1. The molecule has 1 heterocycles. The highest BCUT2D eigenvalue weighted by Gasteiger charge is 2.13. The van der Waals surface area contributed by atoms with Gasteiger partial charge >= 0.3 is 0 Å². The van der Waals surface area contributed by atoms with Gasteiger partial charge in [-0.15, -0.1) is 0 Å². The van der Waals surface area contributed by atoms with Crippen molar-refractivity contribution in [1.82, 2.24) is 4.98 Å². The van der Waals surface area contributed by atoms with Gasteiger partial charge in [-0.2, -0.15) is 0 Å². The molecule has 0 aliphatic carbocycles. The highest BCUT2D eigenvalue weighted by molar-refractivity contribution is 6.00. The Morgan fingerprint density at radius 3 is 1.91 bits per heavy atom. The van der Waals surface area contributed by atoms with E-state index in [1.165, 1.54) is 0 Å². The normalized spacial score (nSPS) is 10.7. The van der Waals surface area contributed by atoms with Crippen molar-refractivity contribution in [3.63, 3.8) is 0 Å². The van der Waals surface area contributed by atoms with Crippen LogP contribution in [0.3, 0.4) is 0 Å². The predicted octanol–water partition coefficient (Wildman–Crippen LogP) is 5.67. The Morgan fingerprint density at radius 1 is 0.743 bits per heavy atom. The number of rotatable bonds is 10. The molecule has 0 bridgehead atoms. The first-order valence-electron chi connectivity index (χ1n) is 11.3. The van der Waals surface area contributed by atoms with Gasteiger partial charge in [-0.1, -0.05) is 42.0 Å². The number of ketones is 2. The summed E-state index contributed by atoms with van der Waals surface area (Å²) in [5, 5.41) is 0.788. The molecule has 4 rings (SSSR count). The predicted molar refractivity (Wildman–Crippen MR) is 135 cm³/mol. The molecular weight excluding hydrogens is 442 g/mol. The molecule has 178 valence electrons. The summed E-state index contributed by atoms with van der Waals surface area (Å²) in [6, 6.07) is 20.5. The summed E-state index contributed by atoms with van der Waals surface area (Å²) < 4.78 is 16.8. The molecule has 0 saturated carbocycles. The molecule has 6 heteroatoms. The maximum atomic E-state index is 12.4. The number of aromatic nitrogens is 1. The first kappa shape index (κ1) is 24.0. The molecule has 0 radical (unpaired) electrons. The van der Waals surface area contributed by atoms with Gasteiger partial charge in [0.1, 0.15) is 23.1 Å². The van der Waals surface area contributed by atoms with E-state index in [1.807, 2.05) is 61.5 Å². The lowest BCUT2D eigenvalue weighted by atomic mass is 10.0. The number of aryl methyl sites for hydroxylation is 1. The fourth-order valence-electron chi connectivity index (χ4n) is 3.84. The van der Waals surface area contributed by atoms with E-state index in [2.05, 4.69) is 4.98 Å². The zero-order chi connectivity index (χ0) is 24.8. The third-order valence-corrected chi connectivity index (χ3v) is 5.68. The van der Waals surface area contributed by atoms with Crippen molar-refractivity contribution < 1.29 is 23.8 Å². The van der Waals surface area contributed by atoms with Crippen LogP contribution in [-0.2, 0) is 22.4 Å². The number of hydrogen-bond donors (Lipinski definition) is 0. The van der Waals surface area contributed by atoms with E-state index in [0.717, 1.165) is 27.6 Å². The third-order valence-electron chi connectivity index (χ3n) is 5.68. The highest BCUT2D eigenvalue weighted by atomic mass is 16.5. The molecule has 0 saturated heterocycles. The molecular formula is C29H27NO5. The fraction of sp³-hybridized carbons (Fsp3) is 0.207. The average Bonchev–Trinajstić information content (AvgIpc) is 2.85. The molecule has 0 fully saturated rings. The fourth-order valence-corrected chi connectivity index (χ4v) is 3.84. The summed E-state index contributed by atoms with van der Waals surface area (Å²) >= 11 is 0. The monoisotopic (exact) mass is 469 g/mol. The lowest BCUT2D eigenvalue weighted by molar-refractivity contribution is -0.126. The number of carbonyl (C=O) groups excluding carboxylic acids is 2. The van der Waals surface area contributed by atoms with E-state index in [-0.39, 0.29) is 30.8 Å². The molecule has 3 aromatic carbocycles. The van der Waals surface area contributed by atoms with Crippen LogP contribution in [0.5, 0.6) is 23.0 Å². The van der Waals surface area contributed by atoms with E-state index in [1.54, 1.807) is 32.5 Å². The molecule has 0 unspecified atom stereocenters. The Morgan fingerprint density at radius 2 is 1.31 bits per heavy atom. The Labute approximate surface area is 204 Å². The molecule has 0 aliphatic heterocycles. The molecule has 0 N–H and O–H groups in total. The third kappa shape index (κ3) is 6.03. The van der Waals surface area contributed by atoms with Gasteiger partial charge in [-0.3, -0.25) is 14.6 Å². The lowest BCUT2D eigenvalue weighted by Crippen LogP contribution is -2.12. The van der Waals surface area contributed by atoms with Crippen molar-refractivity contribution in [2.24, 2.45) is 0 Å². The second kappa shape index (κ2) is 10.8. The number of ether oxygens (including phenoxy) is 3. The first-order valence-corrected chi connectivity index (χ1v) is 11.3. The van der Waals surface area contributed by atoms with Gasteiger partial charge in [-0.25, -0.2) is 0 Å². The molecule has 0 spiro atoms. The molecule has 35 heavy (non-hydrogen) atoms. The van der Waals surface area contributed by atoms with Crippen LogP contribution in [0.1, 0.15) is 23.1 Å².